The van der Waals surface area contributed by atoms with Crippen LogP contribution in [-0.4, -0.2) is 49.5 Å². The van der Waals surface area contributed by atoms with E-state index in [0.29, 0.717) is 11.5 Å². The standard InChI is InChI=1S/C34H37F3N6O2S/c1-5-6-26-10-7-22(2)19-30(26)43-24(4)17-18-46-33(43)40-32(44)39-23(3)20-25-8-11-27(12-9-25)31-38-21-42(41-31)28-13-15-29(16-14-28)45-34(35,36)37/h7-16,19-21,24,32,39,44H,5-6,17-18H2,1-4H3/b23-20+,40-33?. The Hall–Kier alpha value is -4.29. The van der Waals surface area contributed by atoms with Gasteiger partial charge in [0.15, 0.2) is 11.0 Å². The van der Waals surface area contributed by atoms with Gasteiger partial charge in [0.1, 0.15) is 12.1 Å². The van der Waals surface area contributed by atoms with E-state index in [1.54, 1.807) is 11.8 Å². The lowest BCUT2D eigenvalue weighted by molar-refractivity contribution is -0.274. The Morgan fingerprint density at radius 1 is 1.15 bits per heavy atom. The van der Waals surface area contributed by atoms with Crippen LogP contribution in [0.15, 0.2) is 83.7 Å². The third kappa shape index (κ3) is 8.49. The molecule has 12 heteroatoms. The van der Waals surface area contributed by atoms with Crippen LogP contribution in [-0.2, 0) is 6.42 Å². The Bertz CT molecular complexity index is 1690. The number of hydrogen-bond donors (Lipinski definition) is 2. The van der Waals surface area contributed by atoms with E-state index in [9.17, 15) is 18.3 Å². The number of benzene rings is 3. The second-order valence-electron chi connectivity index (χ2n) is 11.2. The van der Waals surface area contributed by atoms with Crippen LogP contribution in [0.25, 0.3) is 23.2 Å². The van der Waals surface area contributed by atoms with Crippen LogP contribution in [0.4, 0.5) is 18.9 Å². The monoisotopic (exact) mass is 650 g/mol. The SMILES string of the molecule is CCCc1ccc(C)cc1N1C(=NC(O)N/C(C)=C/c2ccc(-c3ncn(-c4ccc(OC(F)(F)F)cc4)n3)cc2)SCCC1C. The number of ether oxygens (including phenoxy) is 1. The maximum absolute atomic E-state index is 12.4. The number of aromatic nitrogens is 3. The summed E-state index contributed by atoms with van der Waals surface area (Å²) in [5.41, 5.74) is 6.60. The maximum Gasteiger partial charge on any atom is 0.573 e. The zero-order chi connectivity index (χ0) is 32.8. The maximum atomic E-state index is 12.4. The van der Waals surface area contributed by atoms with Gasteiger partial charge in [-0.2, -0.15) is 0 Å². The van der Waals surface area contributed by atoms with Gasteiger partial charge in [0.25, 0.3) is 0 Å². The van der Waals surface area contributed by atoms with Crippen molar-refractivity contribution in [2.45, 2.75) is 65.7 Å². The Balaban J connectivity index is 1.25. The van der Waals surface area contributed by atoms with Crippen molar-refractivity contribution in [3.63, 3.8) is 0 Å². The van der Waals surface area contributed by atoms with Crippen molar-refractivity contribution in [1.29, 1.82) is 0 Å². The summed E-state index contributed by atoms with van der Waals surface area (Å²) in [5, 5.41) is 19.3. The topological polar surface area (TPSA) is 87.8 Å². The molecule has 242 valence electrons. The fourth-order valence-electron chi connectivity index (χ4n) is 5.21. The summed E-state index contributed by atoms with van der Waals surface area (Å²) in [7, 11) is 0. The van der Waals surface area contributed by atoms with Crippen LogP contribution >= 0.6 is 11.8 Å². The zero-order valence-corrected chi connectivity index (χ0v) is 26.9. The van der Waals surface area contributed by atoms with Gasteiger partial charge in [0.2, 0.25) is 6.35 Å². The van der Waals surface area contributed by atoms with E-state index >= 15 is 0 Å². The minimum atomic E-state index is -4.75. The van der Waals surface area contributed by atoms with Gasteiger partial charge < -0.3 is 20.1 Å². The van der Waals surface area contributed by atoms with Crippen LogP contribution in [0.3, 0.4) is 0 Å². The number of nitrogens with zero attached hydrogens (tertiary/aromatic N) is 5. The molecule has 1 fully saturated rings. The third-order valence-corrected chi connectivity index (χ3v) is 8.40. The molecule has 0 radical (unpaired) electrons. The fourth-order valence-corrected chi connectivity index (χ4v) is 6.44. The van der Waals surface area contributed by atoms with Crippen molar-refractivity contribution in [1.82, 2.24) is 20.1 Å². The minimum Gasteiger partial charge on any atom is -0.406 e. The Morgan fingerprint density at radius 2 is 1.89 bits per heavy atom. The first-order chi connectivity index (χ1) is 22.0. The number of aliphatic hydroxyl groups is 1. The first kappa shape index (κ1) is 33.1. The first-order valence-electron chi connectivity index (χ1n) is 15.1. The van der Waals surface area contributed by atoms with Crippen molar-refractivity contribution in [2.24, 2.45) is 4.99 Å². The molecule has 0 saturated carbocycles. The molecular formula is C34H37F3N6O2S. The van der Waals surface area contributed by atoms with Gasteiger partial charge in [-0.25, -0.2) is 14.7 Å². The second-order valence-corrected chi connectivity index (χ2v) is 12.2. The van der Waals surface area contributed by atoms with Gasteiger partial charge in [-0.05, 0) is 86.7 Å². The molecule has 1 aromatic heterocycles. The first-order valence-corrected chi connectivity index (χ1v) is 16.1. The van der Waals surface area contributed by atoms with Crippen molar-refractivity contribution in [3.8, 4) is 22.8 Å². The van der Waals surface area contributed by atoms with Crippen molar-refractivity contribution in [2.75, 3.05) is 10.7 Å². The molecule has 3 aromatic carbocycles. The summed E-state index contributed by atoms with van der Waals surface area (Å²) in [4.78, 5) is 11.3. The number of rotatable bonds is 10. The van der Waals surface area contributed by atoms with Crippen molar-refractivity contribution < 1.29 is 23.0 Å². The van der Waals surface area contributed by atoms with Crippen molar-refractivity contribution >= 4 is 28.7 Å². The highest BCUT2D eigenvalue weighted by molar-refractivity contribution is 8.14. The number of allylic oxidation sites excluding steroid dienone is 1. The molecule has 1 saturated heterocycles. The number of thioether (sulfide) groups is 1. The smallest absolute Gasteiger partial charge is 0.406 e. The predicted molar refractivity (Wildman–Crippen MR) is 178 cm³/mol. The molecule has 2 atom stereocenters. The number of halogens is 3. The van der Waals surface area contributed by atoms with Gasteiger partial charge in [0, 0.05) is 28.7 Å². The molecule has 2 N–H and O–H groups in total. The molecule has 2 heterocycles. The summed E-state index contributed by atoms with van der Waals surface area (Å²) in [6.07, 6.45) is 0.607. The lowest BCUT2D eigenvalue weighted by Gasteiger charge is -2.37. The number of amidine groups is 1. The van der Waals surface area contributed by atoms with Crippen LogP contribution < -0.4 is 15.0 Å². The number of aryl methyl sites for hydroxylation is 2. The van der Waals surface area contributed by atoms with E-state index in [1.165, 1.54) is 46.4 Å². The lowest BCUT2D eigenvalue weighted by atomic mass is 10.0. The minimum absolute atomic E-state index is 0.263. The average Bonchev–Trinajstić information content (AvgIpc) is 3.49. The molecule has 4 aromatic rings. The fraction of sp³-hybridized carbons (Fsp3) is 0.324. The molecular weight excluding hydrogens is 613 g/mol. The summed E-state index contributed by atoms with van der Waals surface area (Å²) < 4.78 is 42.7. The molecule has 46 heavy (non-hydrogen) atoms. The molecule has 0 amide bonds. The number of aliphatic imine (C=N–C) groups is 1. The van der Waals surface area contributed by atoms with E-state index in [2.05, 4.69) is 64.0 Å². The zero-order valence-electron chi connectivity index (χ0n) is 26.1. The largest absolute Gasteiger partial charge is 0.573 e. The number of hydrogen-bond acceptors (Lipinski definition) is 7. The molecule has 0 bridgehead atoms. The molecule has 1 aliphatic heterocycles. The van der Waals surface area contributed by atoms with Gasteiger partial charge in [-0.15, -0.1) is 18.3 Å². The summed E-state index contributed by atoms with van der Waals surface area (Å²) in [6, 6.07) is 19.8. The Labute approximate surface area is 271 Å². The molecule has 0 spiro atoms. The molecule has 2 unspecified atom stereocenters. The van der Waals surface area contributed by atoms with Crippen LogP contribution in [0.5, 0.6) is 5.75 Å². The van der Waals surface area contributed by atoms with Crippen molar-refractivity contribution in [3.05, 3.63) is 95.4 Å². The van der Waals surface area contributed by atoms with E-state index in [-0.39, 0.29) is 11.8 Å². The number of anilines is 1. The van der Waals surface area contributed by atoms with Gasteiger partial charge >= 0.3 is 6.36 Å². The Morgan fingerprint density at radius 3 is 2.59 bits per heavy atom. The number of nitrogens with one attached hydrogen (secondary N) is 1. The van der Waals surface area contributed by atoms with Crippen LogP contribution in [0, 0.1) is 6.92 Å². The van der Waals surface area contributed by atoms with Gasteiger partial charge in [-0.1, -0.05) is 61.5 Å². The van der Waals surface area contributed by atoms with Gasteiger partial charge in [-0.3, -0.25) is 0 Å². The van der Waals surface area contributed by atoms with E-state index in [4.69, 9.17) is 4.99 Å². The number of alkyl halides is 3. The number of aliphatic hydroxyl groups excluding tert-OH is 1. The molecule has 8 nitrogen and oxygen atoms in total. The van der Waals surface area contributed by atoms with Gasteiger partial charge in [0.05, 0.1) is 5.69 Å². The molecule has 5 rings (SSSR count). The van der Waals surface area contributed by atoms with Crippen LogP contribution in [0.1, 0.15) is 50.3 Å². The third-order valence-electron chi connectivity index (χ3n) is 7.40. The molecule has 1 aliphatic rings. The Kier molecular flexibility index (Phi) is 10.4. The highest BCUT2D eigenvalue weighted by atomic mass is 32.2. The summed E-state index contributed by atoms with van der Waals surface area (Å²) in [6.45, 7) is 8.36. The van der Waals surface area contributed by atoms with E-state index < -0.39 is 12.7 Å². The molecule has 0 aliphatic carbocycles. The van der Waals surface area contributed by atoms with Crippen LogP contribution in [0.2, 0.25) is 0 Å². The van der Waals surface area contributed by atoms with E-state index in [1.807, 2.05) is 37.3 Å². The highest BCUT2D eigenvalue weighted by Gasteiger charge is 2.31. The quantitative estimate of drug-likeness (QED) is 0.170. The lowest BCUT2D eigenvalue weighted by Crippen LogP contribution is -2.43. The second kappa shape index (κ2) is 14.4. The summed E-state index contributed by atoms with van der Waals surface area (Å²) in [5.74, 6) is 1.10. The summed E-state index contributed by atoms with van der Waals surface area (Å²) >= 11 is 1.66. The normalized spacial score (nSPS) is 17.3. The average molecular weight is 651 g/mol. The predicted octanol–water partition coefficient (Wildman–Crippen LogP) is 7.71. The van der Waals surface area contributed by atoms with E-state index in [0.717, 1.165) is 52.7 Å². The highest BCUT2D eigenvalue weighted by Crippen LogP contribution is 2.33.